The zero-order valence-electron chi connectivity index (χ0n) is 2.92. The summed E-state index contributed by atoms with van der Waals surface area (Å²) in [5, 5.41) is -1.84. The van der Waals surface area contributed by atoms with Gasteiger partial charge in [0.1, 0.15) is 0 Å². The van der Waals surface area contributed by atoms with Crippen molar-refractivity contribution in [1.29, 1.82) is 0 Å². The van der Waals surface area contributed by atoms with Crippen molar-refractivity contribution in [3.63, 3.8) is 0 Å². The van der Waals surface area contributed by atoms with Crippen LogP contribution in [-0.2, 0) is 0 Å². The highest BCUT2D eigenvalue weighted by Gasteiger charge is 2.30. The number of hydrogen-bond donors (Lipinski definition) is 0. The number of rotatable bonds is 1. The molecule has 0 saturated heterocycles. The Balaban J connectivity index is 3.79. The lowest BCUT2D eigenvalue weighted by atomic mass is 10.8. The molecule has 42 valence electrons. The SMILES string of the molecule is FC(=S)C(F)(F)Br. The lowest BCUT2D eigenvalue weighted by molar-refractivity contribution is 0.184. The van der Waals surface area contributed by atoms with Crippen molar-refractivity contribution in [3.05, 3.63) is 0 Å². The van der Waals surface area contributed by atoms with Gasteiger partial charge in [0.05, 0.1) is 0 Å². The first-order chi connectivity index (χ1) is 2.94. The summed E-state index contributed by atoms with van der Waals surface area (Å²) in [6.07, 6.45) is 0. The number of hydrogen-bond acceptors (Lipinski definition) is 1. The predicted molar refractivity (Wildman–Crippen MR) is 27.6 cm³/mol. The second kappa shape index (κ2) is 2.09. The minimum absolute atomic E-state index is 1.69. The van der Waals surface area contributed by atoms with Gasteiger partial charge in [-0.05, 0) is 28.1 Å². The van der Waals surface area contributed by atoms with Crippen molar-refractivity contribution in [2.75, 3.05) is 0 Å². The van der Waals surface area contributed by atoms with E-state index in [1.54, 1.807) is 15.9 Å². The van der Waals surface area contributed by atoms with Gasteiger partial charge in [-0.3, -0.25) is 0 Å². The summed E-state index contributed by atoms with van der Waals surface area (Å²) in [4.78, 5) is -3.62. The van der Waals surface area contributed by atoms with Gasteiger partial charge in [0.25, 0.3) is 0 Å². The third-order valence-electron chi connectivity index (χ3n) is 0.223. The van der Waals surface area contributed by atoms with Gasteiger partial charge in [-0.25, -0.2) is 0 Å². The predicted octanol–water partition coefficient (Wildman–Crippen LogP) is 2.27. The summed E-state index contributed by atoms with van der Waals surface area (Å²) in [7, 11) is 0. The molecule has 0 aliphatic rings. The Morgan fingerprint density at radius 1 is 1.57 bits per heavy atom. The molecule has 0 aliphatic carbocycles. The molecule has 7 heavy (non-hydrogen) atoms. The summed E-state index contributed by atoms with van der Waals surface area (Å²) in [5.74, 6) is 0. The van der Waals surface area contributed by atoms with Crippen LogP contribution in [0.2, 0.25) is 0 Å². The van der Waals surface area contributed by atoms with Crippen molar-refractivity contribution in [2.24, 2.45) is 0 Å². The normalized spacial score (nSPS) is 11.4. The van der Waals surface area contributed by atoms with Crippen LogP contribution in [0, 0.1) is 0 Å². The number of thiocarbonyl (C=S) groups is 1. The molecule has 0 N–H and O–H groups in total. The van der Waals surface area contributed by atoms with Crippen LogP contribution in [0.4, 0.5) is 13.2 Å². The molecule has 0 spiro atoms. The molecular formula is C2BrF3S. The van der Waals surface area contributed by atoms with Crippen LogP contribution in [0.15, 0.2) is 0 Å². The first-order valence-electron chi connectivity index (χ1n) is 1.21. The standard InChI is InChI=1S/C2BrF3S/c3-2(5,6)1(4)7. The van der Waals surface area contributed by atoms with Gasteiger partial charge in [-0.2, -0.15) is 13.2 Å². The van der Waals surface area contributed by atoms with E-state index >= 15 is 0 Å². The van der Waals surface area contributed by atoms with Gasteiger partial charge in [-0.1, -0.05) is 0 Å². The van der Waals surface area contributed by atoms with Crippen LogP contribution in [0.25, 0.3) is 0 Å². The van der Waals surface area contributed by atoms with E-state index in [1.165, 1.54) is 0 Å². The fourth-order valence-corrected chi connectivity index (χ4v) is 0. The van der Waals surface area contributed by atoms with Crippen molar-refractivity contribution < 1.29 is 13.2 Å². The van der Waals surface area contributed by atoms with Crippen molar-refractivity contribution in [1.82, 2.24) is 0 Å². The monoisotopic (exact) mass is 192 g/mol. The summed E-state index contributed by atoms with van der Waals surface area (Å²) in [6.45, 7) is 0. The molecule has 0 aromatic rings. The lowest BCUT2D eigenvalue weighted by Gasteiger charge is -1.97. The van der Waals surface area contributed by atoms with E-state index in [9.17, 15) is 13.2 Å². The molecule has 0 aromatic carbocycles. The van der Waals surface area contributed by atoms with Crippen molar-refractivity contribution in [2.45, 2.75) is 4.83 Å². The zero-order valence-corrected chi connectivity index (χ0v) is 5.32. The smallest absolute Gasteiger partial charge is 0.191 e. The maximum absolute atomic E-state index is 11.2. The second-order valence-electron chi connectivity index (χ2n) is 0.771. The third-order valence-corrected chi connectivity index (χ3v) is 1.09. The van der Waals surface area contributed by atoms with Crippen LogP contribution >= 0.6 is 28.1 Å². The van der Waals surface area contributed by atoms with Crippen molar-refractivity contribution >= 4 is 33.3 Å². The highest BCUT2D eigenvalue weighted by atomic mass is 79.9. The molecule has 0 unspecified atom stereocenters. The zero-order chi connectivity index (χ0) is 6.08. The van der Waals surface area contributed by atoms with Crippen molar-refractivity contribution in [3.8, 4) is 0 Å². The molecule has 0 amide bonds. The molecule has 0 nitrogen and oxygen atoms in total. The fraction of sp³-hybridized carbons (Fsp3) is 0.500. The minimum atomic E-state index is -3.62. The molecule has 0 saturated carbocycles. The Hall–Kier alpha value is 0.360. The Morgan fingerprint density at radius 2 is 1.71 bits per heavy atom. The van der Waals surface area contributed by atoms with Crippen LogP contribution in [0.3, 0.4) is 0 Å². The molecule has 0 atom stereocenters. The highest BCUT2D eigenvalue weighted by Crippen LogP contribution is 2.23. The van der Waals surface area contributed by atoms with Gasteiger partial charge in [0, 0.05) is 0 Å². The molecule has 0 aromatic heterocycles. The minimum Gasteiger partial charge on any atom is -0.191 e. The van der Waals surface area contributed by atoms with Gasteiger partial charge >= 0.3 is 4.83 Å². The Labute approximate surface area is 51.8 Å². The van der Waals surface area contributed by atoms with E-state index in [1.807, 2.05) is 0 Å². The van der Waals surface area contributed by atoms with Crippen LogP contribution in [0.5, 0.6) is 0 Å². The second-order valence-corrected chi connectivity index (χ2v) is 2.13. The van der Waals surface area contributed by atoms with Crippen LogP contribution < -0.4 is 0 Å². The molecule has 5 heteroatoms. The van der Waals surface area contributed by atoms with E-state index < -0.39 is 9.95 Å². The molecule has 0 fully saturated rings. The topological polar surface area (TPSA) is 0 Å². The molecule has 0 radical (unpaired) electrons. The number of alkyl halides is 3. The highest BCUT2D eigenvalue weighted by molar-refractivity contribution is 9.10. The summed E-state index contributed by atoms with van der Waals surface area (Å²) < 4.78 is 33.6. The quantitative estimate of drug-likeness (QED) is 0.349. The molecule has 0 aliphatic heterocycles. The van der Waals surface area contributed by atoms with Crippen LogP contribution in [-0.4, -0.2) is 9.95 Å². The molecular weight excluding hydrogens is 193 g/mol. The Morgan fingerprint density at radius 3 is 1.71 bits per heavy atom. The third kappa shape index (κ3) is 2.99. The van der Waals surface area contributed by atoms with Gasteiger partial charge in [0.15, 0.2) is 0 Å². The first-order valence-corrected chi connectivity index (χ1v) is 2.41. The molecule has 0 rings (SSSR count). The fourth-order valence-electron chi connectivity index (χ4n) is 0. The largest absolute Gasteiger partial charge is 0.362 e. The Bertz CT molecular complexity index is 85.4. The van der Waals surface area contributed by atoms with E-state index in [-0.39, 0.29) is 0 Å². The molecule has 0 heterocycles. The van der Waals surface area contributed by atoms with E-state index in [4.69, 9.17) is 0 Å². The van der Waals surface area contributed by atoms with Gasteiger partial charge in [0.2, 0.25) is 5.12 Å². The summed E-state index contributed by atoms with van der Waals surface area (Å²) >= 11 is 5.16. The maximum Gasteiger partial charge on any atom is 0.362 e. The summed E-state index contributed by atoms with van der Waals surface area (Å²) in [6, 6.07) is 0. The van der Waals surface area contributed by atoms with Crippen LogP contribution in [0.1, 0.15) is 0 Å². The Kier molecular flexibility index (Phi) is 2.19. The average molecular weight is 193 g/mol. The average Bonchev–Trinajstić information content (AvgIpc) is 1.31. The van der Waals surface area contributed by atoms with E-state index in [0.29, 0.717) is 0 Å². The van der Waals surface area contributed by atoms with E-state index in [2.05, 4.69) is 12.2 Å². The molecule has 0 bridgehead atoms. The number of halogens is 4. The lowest BCUT2D eigenvalue weighted by Crippen LogP contribution is -2.12. The first kappa shape index (κ1) is 7.36. The summed E-state index contributed by atoms with van der Waals surface area (Å²) in [5.41, 5.74) is 0. The van der Waals surface area contributed by atoms with E-state index in [0.717, 1.165) is 0 Å². The van der Waals surface area contributed by atoms with Gasteiger partial charge in [-0.15, -0.1) is 0 Å². The van der Waals surface area contributed by atoms with Gasteiger partial charge < -0.3 is 0 Å². The maximum atomic E-state index is 11.2.